The zero-order valence-corrected chi connectivity index (χ0v) is 12.3. The predicted octanol–water partition coefficient (Wildman–Crippen LogP) is 2.11. The van der Waals surface area contributed by atoms with E-state index < -0.39 is 0 Å². The van der Waals surface area contributed by atoms with E-state index in [0.29, 0.717) is 5.75 Å². The molecule has 2 aromatic rings. The molecule has 0 aliphatic carbocycles. The van der Waals surface area contributed by atoms with Crippen molar-refractivity contribution in [1.29, 1.82) is 0 Å². The lowest BCUT2D eigenvalue weighted by atomic mass is 10.2. The van der Waals surface area contributed by atoms with Crippen molar-refractivity contribution < 1.29 is 5.11 Å². The number of aryl methyl sites for hydroxylation is 1. The van der Waals surface area contributed by atoms with E-state index in [4.69, 9.17) is 0 Å². The van der Waals surface area contributed by atoms with E-state index in [2.05, 4.69) is 34.4 Å². The molecule has 2 heterocycles. The Bertz CT molecular complexity index is 597. The summed E-state index contributed by atoms with van der Waals surface area (Å²) >= 11 is 0. The van der Waals surface area contributed by atoms with Crippen molar-refractivity contribution in [3.05, 3.63) is 30.0 Å². The van der Waals surface area contributed by atoms with Crippen molar-refractivity contribution in [2.24, 2.45) is 0 Å². The van der Waals surface area contributed by atoms with Crippen LogP contribution in [0.4, 0.5) is 0 Å². The molecule has 0 unspecified atom stereocenters. The van der Waals surface area contributed by atoms with Crippen LogP contribution in [0.1, 0.15) is 12.6 Å². The van der Waals surface area contributed by atoms with Gasteiger partial charge < -0.3 is 14.6 Å². The fourth-order valence-corrected chi connectivity index (χ4v) is 3.04. The van der Waals surface area contributed by atoms with E-state index in [-0.39, 0.29) is 0 Å². The minimum absolute atomic E-state index is 0.344. The Balaban J connectivity index is 1.87. The highest BCUT2D eigenvalue weighted by Crippen LogP contribution is 2.25. The van der Waals surface area contributed by atoms with Gasteiger partial charge in [0.2, 0.25) is 0 Å². The second kappa shape index (κ2) is 5.46. The number of phenols is 1. The Hall–Kier alpha value is -1.52. The number of phenolic OH excluding ortho intramolecular Hbond substituents is 1. The van der Waals surface area contributed by atoms with Crippen molar-refractivity contribution in [2.75, 3.05) is 33.2 Å². The average Bonchev–Trinajstić information content (AvgIpc) is 2.78. The minimum atomic E-state index is 0.344. The van der Waals surface area contributed by atoms with E-state index in [1.165, 1.54) is 11.1 Å². The van der Waals surface area contributed by atoms with Gasteiger partial charge in [-0.25, -0.2) is 0 Å². The van der Waals surface area contributed by atoms with Crippen molar-refractivity contribution in [3.8, 4) is 5.75 Å². The van der Waals surface area contributed by atoms with Gasteiger partial charge in [-0.3, -0.25) is 4.90 Å². The summed E-state index contributed by atoms with van der Waals surface area (Å²) in [4.78, 5) is 4.89. The van der Waals surface area contributed by atoms with Crippen LogP contribution in [0, 0.1) is 0 Å². The molecule has 108 valence electrons. The normalized spacial score (nSPS) is 17.9. The SMILES string of the molecule is CCn1c(CN2CCN(C)CC2)cc2ccc(O)cc21. The number of hydrogen-bond acceptors (Lipinski definition) is 3. The van der Waals surface area contributed by atoms with Gasteiger partial charge in [-0.1, -0.05) is 0 Å². The first kappa shape index (κ1) is 13.5. The van der Waals surface area contributed by atoms with Gasteiger partial charge in [0.15, 0.2) is 0 Å². The molecule has 0 radical (unpaired) electrons. The molecule has 0 spiro atoms. The lowest BCUT2D eigenvalue weighted by molar-refractivity contribution is 0.146. The van der Waals surface area contributed by atoms with Crippen LogP contribution >= 0.6 is 0 Å². The molecule has 3 rings (SSSR count). The molecular formula is C16H23N3O. The summed E-state index contributed by atoms with van der Waals surface area (Å²) in [5.41, 5.74) is 2.48. The average molecular weight is 273 g/mol. The monoisotopic (exact) mass is 273 g/mol. The Morgan fingerprint density at radius 1 is 1.10 bits per heavy atom. The van der Waals surface area contributed by atoms with Gasteiger partial charge in [-0.05, 0) is 32.2 Å². The number of hydrogen-bond donors (Lipinski definition) is 1. The van der Waals surface area contributed by atoms with Crippen LogP contribution in [0.3, 0.4) is 0 Å². The number of fused-ring (bicyclic) bond motifs is 1. The maximum Gasteiger partial charge on any atom is 0.117 e. The van der Waals surface area contributed by atoms with Gasteiger partial charge in [0, 0.05) is 56.4 Å². The third kappa shape index (κ3) is 2.53. The van der Waals surface area contributed by atoms with Crippen LogP contribution < -0.4 is 0 Å². The minimum Gasteiger partial charge on any atom is -0.508 e. The van der Waals surface area contributed by atoms with Crippen LogP contribution in [0.2, 0.25) is 0 Å². The number of rotatable bonds is 3. The summed E-state index contributed by atoms with van der Waals surface area (Å²) in [7, 11) is 2.18. The van der Waals surface area contributed by atoms with E-state index in [9.17, 15) is 5.11 Å². The molecule has 1 N–H and O–H groups in total. The number of aromatic nitrogens is 1. The van der Waals surface area contributed by atoms with Gasteiger partial charge in [0.1, 0.15) is 5.75 Å². The van der Waals surface area contributed by atoms with Crippen molar-refractivity contribution in [1.82, 2.24) is 14.4 Å². The summed E-state index contributed by atoms with van der Waals surface area (Å²) in [5, 5.41) is 10.9. The molecule has 4 nitrogen and oxygen atoms in total. The molecular weight excluding hydrogens is 250 g/mol. The van der Waals surface area contributed by atoms with Crippen molar-refractivity contribution >= 4 is 10.9 Å². The van der Waals surface area contributed by atoms with E-state index in [0.717, 1.165) is 44.8 Å². The van der Waals surface area contributed by atoms with Gasteiger partial charge in [-0.2, -0.15) is 0 Å². The molecule has 4 heteroatoms. The first-order valence-corrected chi connectivity index (χ1v) is 7.39. The van der Waals surface area contributed by atoms with E-state index >= 15 is 0 Å². The van der Waals surface area contributed by atoms with E-state index in [1.54, 1.807) is 6.07 Å². The molecule has 1 fully saturated rings. The molecule has 0 atom stereocenters. The van der Waals surface area contributed by atoms with Crippen LogP contribution in [0.15, 0.2) is 24.3 Å². The third-order valence-corrected chi connectivity index (χ3v) is 4.27. The number of nitrogens with zero attached hydrogens (tertiary/aromatic N) is 3. The number of benzene rings is 1. The predicted molar refractivity (Wildman–Crippen MR) is 82.1 cm³/mol. The van der Waals surface area contributed by atoms with Crippen LogP contribution in [0.25, 0.3) is 10.9 Å². The highest BCUT2D eigenvalue weighted by atomic mass is 16.3. The maximum atomic E-state index is 9.68. The smallest absolute Gasteiger partial charge is 0.117 e. The first-order valence-electron chi connectivity index (χ1n) is 7.39. The summed E-state index contributed by atoms with van der Waals surface area (Å²) in [6.07, 6.45) is 0. The molecule has 0 bridgehead atoms. The topological polar surface area (TPSA) is 31.6 Å². The summed E-state index contributed by atoms with van der Waals surface area (Å²) in [5.74, 6) is 0.344. The summed E-state index contributed by atoms with van der Waals surface area (Å²) in [6.45, 7) is 8.66. The highest BCUT2D eigenvalue weighted by molar-refractivity contribution is 5.82. The molecule has 0 saturated carbocycles. The molecule has 1 aromatic heterocycles. The Labute approximate surface area is 120 Å². The number of aromatic hydroxyl groups is 1. The number of likely N-dealkylation sites (N-methyl/N-ethyl adjacent to an activating group) is 1. The largest absolute Gasteiger partial charge is 0.508 e. The molecule has 0 amide bonds. The van der Waals surface area contributed by atoms with Crippen molar-refractivity contribution in [3.63, 3.8) is 0 Å². The Morgan fingerprint density at radius 2 is 1.85 bits per heavy atom. The summed E-state index contributed by atoms with van der Waals surface area (Å²) in [6, 6.07) is 7.90. The van der Waals surface area contributed by atoms with Crippen LogP contribution in [-0.4, -0.2) is 52.7 Å². The quantitative estimate of drug-likeness (QED) is 0.929. The molecule has 1 saturated heterocycles. The van der Waals surface area contributed by atoms with Crippen LogP contribution in [0.5, 0.6) is 5.75 Å². The van der Waals surface area contributed by atoms with Gasteiger partial charge >= 0.3 is 0 Å². The lowest BCUT2D eigenvalue weighted by Crippen LogP contribution is -2.44. The molecule has 1 aliphatic rings. The molecule has 1 aromatic carbocycles. The number of piperazine rings is 1. The lowest BCUT2D eigenvalue weighted by Gasteiger charge is -2.32. The third-order valence-electron chi connectivity index (χ3n) is 4.27. The fourth-order valence-electron chi connectivity index (χ4n) is 3.04. The zero-order valence-electron chi connectivity index (χ0n) is 12.3. The standard InChI is InChI=1S/C16H23N3O/c1-3-19-14(12-18-8-6-17(2)7-9-18)10-13-4-5-15(20)11-16(13)19/h4-5,10-11,20H,3,6-9,12H2,1-2H3. The second-order valence-corrected chi connectivity index (χ2v) is 5.70. The van der Waals surface area contributed by atoms with Gasteiger partial charge in [0.25, 0.3) is 0 Å². The van der Waals surface area contributed by atoms with Gasteiger partial charge in [-0.15, -0.1) is 0 Å². The van der Waals surface area contributed by atoms with E-state index in [1.807, 2.05) is 12.1 Å². The zero-order chi connectivity index (χ0) is 14.1. The highest BCUT2D eigenvalue weighted by Gasteiger charge is 2.16. The molecule has 1 aliphatic heterocycles. The fraction of sp³-hybridized carbons (Fsp3) is 0.500. The van der Waals surface area contributed by atoms with Crippen molar-refractivity contribution in [2.45, 2.75) is 20.0 Å². The Morgan fingerprint density at radius 3 is 2.55 bits per heavy atom. The first-order chi connectivity index (χ1) is 9.67. The summed E-state index contributed by atoms with van der Waals surface area (Å²) < 4.78 is 2.31. The van der Waals surface area contributed by atoms with Gasteiger partial charge in [0.05, 0.1) is 5.52 Å². The molecule has 20 heavy (non-hydrogen) atoms. The van der Waals surface area contributed by atoms with Crippen LogP contribution in [-0.2, 0) is 13.1 Å². The second-order valence-electron chi connectivity index (χ2n) is 5.70. The Kier molecular flexibility index (Phi) is 3.68. The maximum absolute atomic E-state index is 9.68.